The zero-order valence-corrected chi connectivity index (χ0v) is 9.06. The van der Waals surface area contributed by atoms with Gasteiger partial charge >= 0.3 is 0 Å². The van der Waals surface area contributed by atoms with Gasteiger partial charge in [-0.1, -0.05) is 6.07 Å². The van der Waals surface area contributed by atoms with Gasteiger partial charge in [-0.05, 0) is 12.1 Å². The summed E-state index contributed by atoms with van der Waals surface area (Å²) in [4.78, 5) is 8.77. The zero-order chi connectivity index (χ0) is 10.8. The first-order chi connectivity index (χ1) is 7.93. The summed E-state index contributed by atoms with van der Waals surface area (Å²) in [6, 6.07) is 6.03. The van der Waals surface area contributed by atoms with Gasteiger partial charge in [0.15, 0.2) is 0 Å². The van der Waals surface area contributed by atoms with Gasteiger partial charge in [0, 0.05) is 43.3 Å². The fraction of sp³-hybridized carbons (Fsp3) is 0.333. The minimum atomic E-state index is 0.869. The van der Waals surface area contributed by atoms with Crippen molar-refractivity contribution in [2.45, 2.75) is 19.5 Å². The molecule has 0 bridgehead atoms. The molecule has 0 aliphatic carbocycles. The molecule has 1 N–H and O–H groups in total. The van der Waals surface area contributed by atoms with E-state index in [9.17, 15) is 0 Å². The molecule has 0 atom stereocenters. The maximum Gasteiger partial charge on any atom is 0.122 e. The van der Waals surface area contributed by atoms with Crippen molar-refractivity contribution < 1.29 is 0 Å². The van der Waals surface area contributed by atoms with E-state index in [0.717, 1.165) is 37.6 Å². The number of pyridine rings is 1. The van der Waals surface area contributed by atoms with Crippen LogP contribution < -0.4 is 5.32 Å². The van der Waals surface area contributed by atoms with Crippen LogP contribution in [0.3, 0.4) is 0 Å². The van der Waals surface area contributed by atoms with Crippen LogP contribution in [0.4, 0.5) is 0 Å². The number of nitrogens with one attached hydrogen (secondary N) is 1. The van der Waals surface area contributed by atoms with Crippen LogP contribution in [0.1, 0.15) is 17.2 Å². The van der Waals surface area contributed by atoms with Crippen LogP contribution in [0.25, 0.3) is 0 Å². The molecule has 0 radical (unpaired) electrons. The predicted molar refractivity (Wildman–Crippen MR) is 61.0 cm³/mol. The highest BCUT2D eigenvalue weighted by Crippen LogP contribution is 2.12. The molecule has 0 spiro atoms. The largest absolute Gasteiger partial charge is 0.329 e. The van der Waals surface area contributed by atoms with Gasteiger partial charge in [-0.15, -0.1) is 0 Å². The van der Waals surface area contributed by atoms with Gasteiger partial charge in [-0.3, -0.25) is 4.98 Å². The molecule has 0 amide bonds. The molecule has 2 aromatic heterocycles. The second-order valence-electron chi connectivity index (χ2n) is 3.99. The third-order valence-corrected chi connectivity index (χ3v) is 2.90. The molecule has 0 aromatic carbocycles. The van der Waals surface area contributed by atoms with Gasteiger partial charge in [0.1, 0.15) is 5.82 Å². The van der Waals surface area contributed by atoms with Crippen LogP contribution in [0.15, 0.2) is 30.6 Å². The third-order valence-electron chi connectivity index (χ3n) is 2.90. The predicted octanol–water partition coefficient (Wildman–Crippen LogP) is 0.972. The van der Waals surface area contributed by atoms with Crippen molar-refractivity contribution in [3.05, 3.63) is 47.8 Å². The van der Waals surface area contributed by atoms with E-state index < -0.39 is 0 Å². The standard InChI is InChI=1S/C12H14N4/c1-2-4-14-10(3-1)7-11-8-15-12-9-13-5-6-16(11)12/h1-4,8,13H,5-7,9H2. The maximum absolute atomic E-state index is 4.43. The monoisotopic (exact) mass is 214 g/mol. The van der Waals surface area contributed by atoms with Crippen molar-refractivity contribution in [2.75, 3.05) is 6.54 Å². The molecule has 3 rings (SSSR count). The van der Waals surface area contributed by atoms with E-state index in [1.807, 2.05) is 24.5 Å². The van der Waals surface area contributed by atoms with E-state index in [1.54, 1.807) is 0 Å². The Kier molecular flexibility index (Phi) is 2.42. The number of fused-ring (bicyclic) bond motifs is 1. The van der Waals surface area contributed by atoms with Gasteiger partial charge in [0.2, 0.25) is 0 Å². The Morgan fingerprint density at radius 3 is 3.19 bits per heavy atom. The fourth-order valence-corrected chi connectivity index (χ4v) is 2.09. The van der Waals surface area contributed by atoms with Crippen LogP contribution in [0.2, 0.25) is 0 Å². The number of nitrogens with zero attached hydrogens (tertiary/aromatic N) is 3. The van der Waals surface area contributed by atoms with E-state index in [0.29, 0.717) is 0 Å². The van der Waals surface area contributed by atoms with Crippen molar-refractivity contribution >= 4 is 0 Å². The summed E-state index contributed by atoms with van der Waals surface area (Å²) in [6.07, 6.45) is 4.68. The van der Waals surface area contributed by atoms with Crippen molar-refractivity contribution in [2.24, 2.45) is 0 Å². The lowest BCUT2D eigenvalue weighted by molar-refractivity contribution is 0.495. The molecule has 1 aliphatic heterocycles. The molecule has 0 unspecified atom stereocenters. The molecule has 4 nitrogen and oxygen atoms in total. The first kappa shape index (κ1) is 9.54. The van der Waals surface area contributed by atoms with Gasteiger partial charge in [0.25, 0.3) is 0 Å². The summed E-state index contributed by atoms with van der Waals surface area (Å²) >= 11 is 0. The van der Waals surface area contributed by atoms with Crippen LogP contribution in [-0.2, 0) is 19.5 Å². The van der Waals surface area contributed by atoms with E-state index in [4.69, 9.17) is 0 Å². The molecule has 2 aromatic rings. The van der Waals surface area contributed by atoms with E-state index in [2.05, 4.69) is 25.9 Å². The van der Waals surface area contributed by atoms with E-state index in [-0.39, 0.29) is 0 Å². The quantitative estimate of drug-likeness (QED) is 0.810. The topological polar surface area (TPSA) is 42.7 Å². The van der Waals surface area contributed by atoms with Crippen molar-refractivity contribution in [3.8, 4) is 0 Å². The highest BCUT2D eigenvalue weighted by atomic mass is 15.2. The van der Waals surface area contributed by atoms with Crippen molar-refractivity contribution in [1.82, 2.24) is 19.9 Å². The number of hydrogen-bond donors (Lipinski definition) is 1. The molecule has 1 aliphatic rings. The molecule has 0 fully saturated rings. The summed E-state index contributed by atoms with van der Waals surface area (Å²) < 4.78 is 2.30. The number of rotatable bonds is 2. The summed E-state index contributed by atoms with van der Waals surface area (Å²) in [5, 5.41) is 3.32. The molecular formula is C12H14N4. The SMILES string of the molecule is c1ccc(Cc2cnc3n2CCNC3)nc1. The highest BCUT2D eigenvalue weighted by molar-refractivity contribution is 5.16. The van der Waals surface area contributed by atoms with Gasteiger partial charge < -0.3 is 9.88 Å². The van der Waals surface area contributed by atoms with Gasteiger partial charge in [-0.2, -0.15) is 0 Å². The molecular weight excluding hydrogens is 200 g/mol. The number of hydrogen-bond acceptors (Lipinski definition) is 3. The average molecular weight is 214 g/mol. The second kappa shape index (κ2) is 4.06. The lowest BCUT2D eigenvalue weighted by Gasteiger charge is -2.17. The molecule has 82 valence electrons. The van der Waals surface area contributed by atoms with Crippen molar-refractivity contribution in [3.63, 3.8) is 0 Å². The summed E-state index contributed by atoms with van der Waals surface area (Å²) in [5.74, 6) is 1.14. The molecule has 16 heavy (non-hydrogen) atoms. The Balaban J connectivity index is 1.88. The van der Waals surface area contributed by atoms with E-state index in [1.165, 1.54) is 5.69 Å². The zero-order valence-electron chi connectivity index (χ0n) is 9.06. The van der Waals surface area contributed by atoms with Crippen LogP contribution in [0, 0.1) is 0 Å². The lowest BCUT2D eigenvalue weighted by atomic mass is 10.2. The summed E-state index contributed by atoms with van der Waals surface area (Å²) in [7, 11) is 0. The molecule has 0 saturated carbocycles. The Morgan fingerprint density at radius 1 is 1.31 bits per heavy atom. The first-order valence-electron chi connectivity index (χ1n) is 5.57. The van der Waals surface area contributed by atoms with Crippen LogP contribution >= 0.6 is 0 Å². The Morgan fingerprint density at radius 2 is 2.31 bits per heavy atom. The maximum atomic E-state index is 4.43. The highest BCUT2D eigenvalue weighted by Gasteiger charge is 2.13. The minimum absolute atomic E-state index is 0.869. The third kappa shape index (κ3) is 1.72. The fourth-order valence-electron chi connectivity index (χ4n) is 2.09. The number of imidazole rings is 1. The Labute approximate surface area is 94.4 Å². The molecule has 4 heteroatoms. The summed E-state index contributed by atoms with van der Waals surface area (Å²) in [6.45, 7) is 2.91. The smallest absolute Gasteiger partial charge is 0.122 e. The molecule has 3 heterocycles. The second-order valence-corrected chi connectivity index (χ2v) is 3.99. The Hall–Kier alpha value is -1.68. The van der Waals surface area contributed by atoms with E-state index >= 15 is 0 Å². The van der Waals surface area contributed by atoms with Crippen LogP contribution in [0.5, 0.6) is 0 Å². The number of aromatic nitrogens is 3. The van der Waals surface area contributed by atoms with Gasteiger partial charge in [-0.25, -0.2) is 4.98 Å². The Bertz CT molecular complexity index is 475. The first-order valence-corrected chi connectivity index (χ1v) is 5.57. The van der Waals surface area contributed by atoms with Crippen molar-refractivity contribution in [1.29, 1.82) is 0 Å². The minimum Gasteiger partial charge on any atom is -0.329 e. The summed E-state index contributed by atoms with van der Waals surface area (Å²) in [5.41, 5.74) is 2.36. The average Bonchev–Trinajstić information content (AvgIpc) is 2.74. The van der Waals surface area contributed by atoms with Crippen LogP contribution in [-0.4, -0.2) is 21.1 Å². The normalized spacial score (nSPS) is 14.8. The lowest BCUT2D eigenvalue weighted by Crippen LogP contribution is -2.29. The van der Waals surface area contributed by atoms with Gasteiger partial charge in [0.05, 0.1) is 6.54 Å². The molecule has 0 saturated heterocycles.